The fourth-order valence-electron chi connectivity index (χ4n) is 3.05. The Bertz CT molecular complexity index is 888. The van der Waals surface area contributed by atoms with Gasteiger partial charge in [0.2, 0.25) is 0 Å². The summed E-state index contributed by atoms with van der Waals surface area (Å²) in [6.45, 7) is 8.35. The summed E-state index contributed by atoms with van der Waals surface area (Å²) in [5.74, 6) is -0.791. The van der Waals surface area contributed by atoms with Gasteiger partial charge < -0.3 is 15.0 Å². The lowest BCUT2D eigenvalue weighted by atomic mass is 10.1. The summed E-state index contributed by atoms with van der Waals surface area (Å²) in [6, 6.07) is 6.03. The highest BCUT2D eigenvalue weighted by Gasteiger charge is 2.31. The van der Waals surface area contributed by atoms with Crippen molar-refractivity contribution in [3.05, 3.63) is 47.4 Å². The van der Waals surface area contributed by atoms with Crippen LogP contribution in [0.4, 0.5) is 15.0 Å². The Kier molecular flexibility index (Phi) is 5.40. The van der Waals surface area contributed by atoms with Crippen LogP contribution in [0.25, 0.3) is 0 Å². The molecule has 0 bridgehead atoms. The van der Waals surface area contributed by atoms with Crippen molar-refractivity contribution in [2.24, 2.45) is 0 Å². The van der Waals surface area contributed by atoms with Gasteiger partial charge in [0.1, 0.15) is 11.4 Å². The minimum Gasteiger partial charge on any atom is -0.444 e. The number of anilines is 1. The van der Waals surface area contributed by atoms with Gasteiger partial charge in [-0.2, -0.15) is 5.10 Å². The van der Waals surface area contributed by atoms with E-state index < -0.39 is 17.3 Å². The average Bonchev–Trinajstić information content (AvgIpc) is 3.24. The van der Waals surface area contributed by atoms with Crippen molar-refractivity contribution in [2.45, 2.75) is 45.8 Å². The number of carbonyl (C=O) groups excluding carboxylic acids is 2. The maximum absolute atomic E-state index is 13.9. The highest BCUT2D eigenvalue weighted by molar-refractivity contribution is 6.04. The Labute approximate surface area is 163 Å². The number of carbonyl (C=O) groups is 2. The quantitative estimate of drug-likeness (QED) is 0.868. The van der Waals surface area contributed by atoms with Gasteiger partial charge in [0.15, 0.2) is 5.82 Å². The third-order valence-corrected chi connectivity index (χ3v) is 4.41. The van der Waals surface area contributed by atoms with Gasteiger partial charge in [-0.15, -0.1) is 0 Å². The van der Waals surface area contributed by atoms with Crippen molar-refractivity contribution in [3.63, 3.8) is 0 Å². The van der Waals surface area contributed by atoms with Crippen LogP contribution >= 0.6 is 0 Å². The van der Waals surface area contributed by atoms with Crippen molar-refractivity contribution in [2.75, 3.05) is 18.4 Å². The molecule has 2 amide bonds. The van der Waals surface area contributed by atoms with Crippen LogP contribution in [0.3, 0.4) is 0 Å². The van der Waals surface area contributed by atoms with E-state index in [1.54, 1.807) is 34.8 Å². The number of aromatic nitrogens is 2. The number of rotatable bonds is 3. The predicted molar refractivity (Wildman–Crippen MR) is 103 cm³/mol. The third kappa shape index (κ3) is 4.68. The van der Waals surface area contributed by atoms with E-state index >= 15 is 0 Å². The molecule has 150 valence electrons. The topological polar surface area (TPSA) is 76.5 Å². The number of halogens is 1. The first-order valence-electron chi connectivity index (χ1n) is 9.23. The minimum atomic E-state index is -0.577. The molecule has 1 fully saturated rings. The molecular weight excluding hydrogens is 363 g/mol. The molecule has 1 saturated heterocycles. The monoisotopic (exact) mass is 388 g/mol. The van der Waals surface area contributed by atoms with E-state index in [0.29, 0.717) is 18.9 Å². The Balaban J connectivity index is 1.62. The SMILES string of the molecule is Cc1ccc(F)c(C(=O)Nc2ccn([C@@H]3CCN(C(=O)OC(C)(C)C)C3)n2)c1. The molecule has 0 saturated carbocycles. The maximum atomic E-state index is 13.9. The summed E-state index contributed by atoms with van der Waals surface area (Å²) in [5, 5.41) is 6.98. The normalized spacial score (nSPS) is 16.9. The third-order valence-electron chi connectivity index (χ3n) is 4.41. The molecule has 1 N–H and O–H groups in total. The van der Waals surface area contributed by atoms with Crippen molar-refractivity contribution >= 4 is 17.8 Å². The van der Waals surface area contributed by atoms with Gasteiger partial charge in [-0.1, -0.05) is 11.6 Å². The Morgan fingerprint density at radius 3 is 2.75 bits per heavy atom. The lowest BCUT2D eigenvalue weighted by molar-refractivity contribution is 0.0288. The molecule has 2 aromatic rings. The molecule has 8 heteroatoms. The Morgan fingerprint density at radius 2 is 2.04 bits per heavy atom. The van der Waals surface area contributed by atoms with Crippen LogP contribution in [-0.4, -0.2) is 45.4 Å². The minimum absolute atomic E-state index is 0.00567. The Hall–Kier alpha value is -2.90. The first-order chi connectivity index (χ1) is 13.1. The summed E-state index contributed by atoms with van der Waals surface area (Å²) in [5.41, 5.74) is 0.236. The molecule has 0 spiro atoms. The zero-order valence-electron chi connectivity index (χ0n) is 16.5. The van der Waals surface area contributed by atoms with E-state index in [1.807, 2.05) is 20.8 Å². The number of hydrogen-bond acceptors (Lipinski definition) is 4. The van der Waals surface area contributed by atoms with Crippen LogP contribution in [0.5, 0.6) is 0 Å². The second-order valence-electron chi connectivity index (χ2n) is 7.99. The molecule has 3 rings (SSSR count). The number of hydrogen-bond donors (Lipinski definition) is 1. The molecular formula is C20H25FN4O3. The summed E-state index contributed by atoms with van der Waals surface area (Å²) in [4.78, 5) is 26.2. The van der Waals surface area contributed by atoms with Crippen LogP contribution in [0, 0.1) is 12.7 Å². The first kappa shape index (κ1) is 19.9. The molecule has 2 heterocycles. The Morgan fingerprint density at radius 1 is 1.29 bits per heavy atom. The van der Waals surface area contributed by atoms with Gasteiger partial charge in [-0.25, -0.2) is 9.18 Å². The van der Waals surface area contributed by atoms with E-state index in [2.05, 4.69) is 10.4 Å². The van der Waals surface area contributed by atoms with Gasteiger partial charge in [0.05, 0.1) is 11.6 Å². The number of amides is 2. The van der Waals surface area contributed by atoms with Crippen LogP contribution in [-0.2, 0) is 4.74 Å². The van der Waals surface area contributed by atoms with E-state index in [1.165, 1.54) is 12.1 Å². The van der Waals surface area contributed by atoms with Crippen molar-refractivity contribution < 1.29 is 18.7 Å². The lowest BCUT2D eigenvalue weighted by Crippen LogP contribution is -2.35. The zero-order valence-corrected chi connectivity index (χ0v) is 16.5. The fourth-order valence-corrected chi connectivity index (χ4v) is 3.05. The predicted octanol–water partition coefficient (Wildman–Crippen LogP) is 3.76. The molecule has 1 aliphatic heterocycles. The smallest absolute Gasteiger partial charge is 0.410 e. The lowest BCUT2D eigenvalue weighted by Gasteiger charge is -2.24. The van der Waals surface area contributed by atoms with Gasteiger partial charge in [0.25, 0.3) is 5.91 Å². The highest BCUT2D eigenvalue weighted by Crippen LogP contribution is 2.24. The van der Waals surface area contributed by atoms with Crippen molar-refractivity contribution in [1.82, 2.24) is 14.7 Å². The summed E-state index contributed by atoms with van der Waals surface area (Å²) < 4.78 is 21.0. The molecule has 7 nitrogen and oxygen atoms in total. The van der Waals surface area contributed by atoms with Crippen molar-refractivity contribution in [1.29, 1.82) is 0 Å². The standard InChI is InChI=1S/C20H25FN4O3/c1-13-5-6-16(21)15(11-13)18(26)22-17-8-10-25(23-17)14-7-9-24(12-14)19(27)28-20(2,3)4/h5-6,8,10-11,14H,7,9,12H2,1-4H3,(H,22,23,26)/t14-/m1/s1. The van der Waals surface area contributed by atoms with E-state index in [4.69, 9.17) is 4.74 Å². The number of nitrogens with one attached hydrogen (secondary N) is 1. The summed E-state index contributed by atoms with van der Waals surface area (Å²) in [6.07, 6.45) is 2.14. The number of likely N-dealkylation sites (tertiary alicyclic amines) is 1. The van der Waals surface area contributed by atoms with Gasteiger partial charge in [-0.05, 0) is 46.2 Å². The molecule has 0 unspecified atom stereocenters. The number of benzene rings is 1. The fraction of sp³-hybridized carbons (Fsp3) is 0.450. The second-order valence-corrected chi connectivity index (χ2v) is 7.99. The molecule has 1 aromatic heterocycles. The second kappa shape index (κ2) is 7.61. The largest absolute Gasteiger partial charge is 0.444 e. The molecule has 1 aromatic carbocycles. The molecule has 0 aliphatic carbocycles. The van der Waals surface area contributed by atoms with Gasteiger partial charge >= 0.3 is 6.09 Å². The molecule has 1 atom stereocenters. The van der Waals surface area contributed by atoms with E-state index in [0.717, 1.165) is 12.0 Å². The molecule has 1 aliphatic rings. The van der Waals surface area contributed by atoms with Gasteiger partial charge in [-0.3, -0.25) is 9.48 Å². The molecule has 0 radical (unpaired) electrons. The molecule has 28 heavy (non-hydrogen) atoms. The number of ether oxygens (including phenoxy) is 1. The van der Waals surface area contributed by atoms with Crippen LogP contribution in [0.1, 0.15) is 49.2 Å². The van der Waals surface area contributed by atoms with Gasteiger partial charge in [0, 0.05) is 25.4 Å². The van der Waals surface area contributed by atoms with Crippen LogP contribution < -0.4 is 5.32 Å². The maximum Gasteiger partial charge on any atom is 0.410 e. The summed E-state index contributed by atoms with van der Waals surface area (Å²) in [7, 11) is 0. The first-order valence-corrected chi connectivity index (χ1v) is 9.23. The average molecular weight is 388 g/mol. The number of aryl methyl sites for hydroxylation is 1. The van der Waals surface area contributed by atoms with Crippen LogP contribution in [0.2, 0.25) is 0 Å². The van der Waals surface area contributed by atoms with Crippen LogP contribution in [0.15, 0.2) is 30.5 Å². The van der Waals surface area contributed by atoms with Crippen molar-refractivity contribution in [3.8, 4) is 0 Å². The van der Waals surface area contributed by atoms with E-state index in [-0.39, 0.29) is 17.7 Å². The summed E-state index contributed by atoms with van der Waals surface area (Å²) >= 11 is 0. The zero-order chi connectivity index (χ0) is 20.5. The number of nitrogens with zero attached hydrogens (tertiary/aromatic N) is 3. The highest BCUT2D eigenvalue weighted by atomic mass is 19.1. The van der Waals surface area contributed by atoms with E-state index in [9.17, 15) is 14.0 Å².